The number of nitrogens with zero attached hydrogens (tertiary/aromatic N) is 2. The van der Waals surface area contributed by atoms with Crippen molar-refractivity contribution < 1.29 is 9.90 Å². The van der Waals surface area contributed by atoms with Crippen molar-refractivity contribution in [1.82, 2.24) is 0 Å². The average Bonchev–Trinajstić information content (AvgIpc) is 1.98. The molecule has 0 heterocycles. The lowest BCUT2D eigenvalue weighted by atomic mass is 10.5. The van der Waals surface area contributed by atoms with Crippen molar-refractivity contribution in [1.29, 1.82) is 0 Å². The van der Waals surface area contributed by atoms with Gasteiger partial charge in [0.15, 0.2) is 6.29 Å². The van der Waals surface area contributed by atoms with Crippen LogP contribution >= 0.6 is 0 Å². The number of aliphatic hydroxyl groups is 1. The highest BCUT2D eigenvalue weighted by Gasteiger charge is 1.72. The molecule has 0 unspecified atom stereocenters. The van der Waals surface area contributed by atoms with Gasteiger partial charge in [-0.25, -0.2) is 5.87 Å². The van der Waals surface area contributed by atoms with Crippen LogP contribution in [0.2, 0.25) is 0 Å². The summed E-state index contributed by atoms with van der Waals surface area (Å²) >= 11 is 0. The molecular weight excluding hydrogens is 132 g/mol. The summed E-state index contributed by atoms with van der Waals surface area (Å²) in [5.41, 5.74) is 0. The quantitative estimate of drug-likeness (QED) is 0.265. The summed E-state index contributed by atoms with van der Waals surface area (Å²) in [4.78, 5) is 13.0. The Balaban J connectivity index is 3.88. The van der Waals surface area contributed by atoms with Gasteiger partial charge in [0.1, 0.15) is 5.76 Å². The Morgan fingerprint density at radius 2 is 2.40 bits per heavy atom. The van der Waals surface area contributed by atoms with Gasteiger partial charge >= 0.3 is 0 Å². The average molecular weight is 137 g/mol. The summed E-state index contributed by atoms with van der Waals surface area (Å²) < 4.78 is 0. The zero-order valence-corrected chi connectivity index (χ0v) is 5.06. The summed E-state index contributed by atoms with van der Waals surface area (Å²) in [5.74, 6) is 1.02. The van der Waals surface area contributed by atoms with E-state index < -0.39 is 5.76 Å². The van der Waals surface area contributed by atoms with E-state index in [0.717, 1.165) is 18.5 Å². The SMILES string of the molecule is [N-]=C=C(O)C=CN=CC=O. The van der Waals surface area contributed by atoms with Crippen LogP contribution in [0.25, 0.3) is 5.41 Å². The molecule has 1 N–H and O–H groups in total. The van der Waals surface area contributed by atoms with Gasteiger partial charge in [-0.15, -0.1) is 0 Å². The van der Waals surface area contributed by atoms with E-state index in [1.165, 1.54) is 5.87 Å². The molecule has 0 aliphatic carbocycles. The van der Waals surface area contributed by atoms with Gasteiger partial charge in [0.2, 0.25) is 0 Å². The van der Waals surface area contributed by atoms with Gasteiger partial charge in [0, 0.05) is 12.3 Å². The third-order valence-electron chi connectivity index (χ3n) is 0.580. The maximum atomic E-state index is 9.60. The first-order valence-electron chi connectivity index (χ1n) is 2.40. The Hall–Kier alpha value is -1.67. The van der Waals surface area contributed by atoms with E-state index in [1.807, 2.05) is 0 Å². The second-order valence-electron chi connectivity index (χ2n) is 1.25. The number of rotatable bonds is 3. The molecule has 0 saturated carbocycles. The van der Waals surface area contributed by atoms with Crippen LogP contribution < -0.4 is 0 Å². The molecular formula is C6H5N2O2-. The molecule has 0 aromatic heterocycles. The smallest absolute Gasteiger partial charge is 0.161 e. The standard InChI is InChI=1S/C6H5N2O2/c7-5-6(10)1-2-8-3-4-9/h1-4,10H/q-1. The fourth-order valence-electron chi connectivity index (χ4n) is 0.236. The topological polar surface area (TPSA) is 72.0 Å². The molecule has 0 aliphatic rings. The second-order valence-corrected chi connectivity index (χ2v) is 1.25. The fraction of sp³-hybridized carbons (Fsp3) is 0. The van der Waals surface area contributed by atoms with Crippen LogP contribution in [0.1, 0.15) is 0 Å². The molecule has 0 bridgehead atoms. The molecule has 0 atom stereocenters. The minimum Gasteiger partial charge on any atom is -0.760 e. The van der Waals surface area contributed by atoms with Crippen LogP contribution in [0.4, 0.5) is 0 Å². The van der Waals surface area contributed by atoms with E-state index in [9.17, 15) is 4.79 Å². The Kier molecular flexibility index (Phi) is 4.55. The van der Waals surface area contributed by atoms with Gasteiger partial charge in [-0.1, -0.05) is 0 Å². The molecule has 4 heteroatoms. The van der Waals surface area contributed by atoms with Crippen LogP contribution in [-0.2, 0) is 4.79 Å². The predicted molar refractivity (Wildman–Crippen MR) is 38.2 cm³/mol. The van der Waals surface area contributed by atoms with Gasteiger partial charge in [-0.3, -0.25) is 9.79 Å². The van der Waals surface area contributed by atoms with Gasteiger partial charge in [-0.2, -0.15) is 0 Å². The minimum atomic E-state index is -0.442. The zero-order valence-electron chi connectivity index (χ0n) is 5.06. The lowest BCUT2D eigenvalue weighted by Gasteiger charge is -1.82. The Bertz CT molecular complexity index is 212. The van der Waals surface area contributed by atoms with Gasteiger partial charge in [-0.05, 0) is 0 Å². The summed E-state index contributed by atoms with van der Waals surface area (Å²) in [6, 6.07) is 0. The number of aldehydes is 1. The first-order valence-corrected chi connectivity index (χ1v) is 2.40. The zero-order chi connectivity index (χ0) is 7.82. The number of carbonyl (C=O) groups is 1. The van der Waals surface area contributed by atoms with Crippen molar-refractivity contribution in [2.45, 2.75) is 0 Å². The van der Waals surface area contributed by atoms with Gasteiger partial charge < -0.3 is 10.5 Å². The highest BCUT2D eigenvalue weighted by molar-refractivity contribution is 6.13. The molecule has 10 heavy (non-hydrogen) atoms. The molecule has 52 valence electrons. The Morgan fingerprint density at radius 1 is 1.70 bits per heavy atom. The molecule has 0 saturated heterocycles. The molecule has 0 aromatic rings. The maximum Gasteiger partial charge on any atom is 0.161 e. The van der Waals surface area contributed by atoms with Crippen LogP contribution in [0.3, 0.4) is 0 Å². The molecule has 0 amide bonds. The third kappa shape index (κ3) is 4.49. The van der Waals surface area contributed by atoms with E-state index in [4.69, 9.17) is 10.5 Å². The predicted octanol–water partition coefficient (Wildman–Crippen LogP) is 0.451. The van der Waals surface area contributed by atoms with Crippen molar-refractivity contribution in [2.75, 3.05) is 0 Å². The molecule has 0 radical (unpaired) electrons. The summed E-state index contributed by atoms with van der Waals surface area (Å²) in [6.07, 6.45) is 3.72. The van der Waals surface area contributed by atoms with Crippen LogP contribution in [-0.4, -0.2) is 23.5 Å². The van der Waals surface area contributed by atoms with Gasteiger partial charge in [0.25, 0.3) is 0 Å². The Morgan fingerprint density at radius 3 is 2.90 bits per heavy atom. The van der Waals surface area contributed by atoms with Crippen molar-refractivity contribution in [2.24, 2.45) is 4.99 Å². The number of carbonyl (C=O) groups excluding carboxylic acids is 1. The van der Waals surface area contributed by atoms with E-state index in [-0.39, 0.29) is 0 Å². The van der Waals surface area contributed by atoms with Crippen LogP contribution in [0, 0.1) is 0 Å². The maximum absolute atomic E-state index is 9.60. The van der Waals surface area contributed by atoms with Crippen LogP contribution in [0.15, 0.2) is 23.0 Å². The molecule has 4 nitrogen and oxygen atoms in total. The first-order chi connectivity index (χ1) is 4.81. The van der Waals surface area contributed by atoms with Crippen molar-refractivity contribution in [3.63, 3.8) is 0 Å². The third-order valence-corrected chi connectivity index (χ3v) is 0.580. The minimum absolute atomic E-state index is 0.442. The number of hydrogen-bond donors (Lipinski definition) is 1. The van der Waals surface area contributed by atoms with E-state index >= 15 is 0 Å². The summed E-state index contributed by atoms with van der Waals surface area (Å²) in [5, 5.41) is 16.4. The van der Waals surface area contributed by atoms with E-state index in [0.29, 0.717) is 6.29 Å². The largest absolute Gasteiger partial charge is 0.760 e. The lowest BCUT2D eigenvalue weighted by Crippen LogP contribution is -1.72. The van der Waals surface area contributed by atoms with Crippen LogP contribution in [0.5, 0.6) is 0 Å². The van der Waals surface area contributed by atoms with Gasteiger partial charge in [0.05, 0.1) is 6.21 Å². The molecule has 0 spiro atoms. The van der Waals surface area contributed by atoms with E-state index in [1.54, 1.807) is 0 Å². The monoisotopic (exact) mass is 137 g/mol. The normalized spacial score (nSPS) is 10.0. The van der Waals surface area contributed by atoms with Crippen molar-refractivity contribution >= 4 is 18.4 Å². The highest BCUT2D eigenvalue weighted by atomic mass is 16.3. The fourth-order valence-corrected chi connectivity index (χ4v) is 0.236. The van der Waals surface area contributed by atoms with E-state index in [2.05, 4.69) is 4.99 Å². The van der Waals surface area contributed by atoms with Crippen molar-refractivity contribution in [3.8, 4) is 0 Å². The number of allylic oxidation sites excluding steroid dienone is 1. The summed E-state index contributed by atoms with van der Waals surface area (Å²) in [7, 11) is 0. The second kappa shape index (κ2) is 5.47. The molecule has 0 fully saturated rings. The first kappa shape index (κ1) is 8.33. The highest BCUT2D eigenvalue weighted by Crippen LogP contribution is 1.82. The molecule has 0 aromatic carbocycles. The number of hydrogen-bond acceptors (Lipinski definition) is 3. The molecule has 0 aliphatic heterocycles. The Labute approximate surface area is 57.7 Å². The number of aliphatic imine (C=N–C) groups is 1. The molecule has 0 rings (SSSR count). The lowest BCUT2D eigenvalue weighted by molar-refractivity contribution is -0.102. The summed E-state index contributed by atoms with van der Waals surface area (Å²) in [6.45, 7) is 0. The van der Waals surface area contributed by atoms with Crippen molar-refractivity contribution in [3.05, 3.63) is 23.4 Å². The number of aliphatic hydroxyl groups excluding tert-OH is 1.